The minimum absolute atomic E-state index is 0.241. The lowest BCUT2D eigenvalue weighted by atomic mass is 10.1. The van der Waals surface area contributed by atoms with E-state index in [1.54, 1.807) is 18.3 Å². The number of rotatable bonds is 8. The Morgan fingerprint density at radius 1 is 1.00 bits per heavy atom. The molecule has 1 amide bonds. The summed E-state index contributed by atoms with van der Waals surface area (Å²) >= 11 is 1.38. The van der Waals surface area contributed by atoms with Crippen LogP contribution in [-0.4, -0.2) is 70.1 Å². The number of fused-ring (bicyclic) bond motifs is 1. The van der Waals surface area contributed by atoms with Gasteiger partial charge in [-0.25, -0.2) is 4.98 Å². The SMILES string of the molecule is COc1cc(NC(=O)c2cnc(N3CCN(Cc4ccc5c(c4)OCO5)CC3)s2)cc(OC)c1OC. The minimum atomic E-state index is -0.241. The van der Waals surface area contributed by atoms with Gasteiger partial charge in [-0.3, -0.25) is 9.69 Å². The Balaban J connectivity index is 1.18. The van der Waals surface area contributed by atoms with Crippen LogP contribution in [0.4, 0.5) is 10.8 Å². The first kappa shape index (κ1) is 24.0. The highest BCUT2D eigenvalue weighted by Crippen LogP contribution is 2.40. The number of aromatic nitrogens is 1. The van der Waals surface area contributed by atoms with E-state index in [4.69, 9.17) is 23.7 Å². The molecule has 11 heteroatoms. The third-order valence-electron chi connectivity index (χ3n) is 6.13. The normalized spacial score (nSPS) is 15.0. The number of carbonyl (C=O) groups excluding carboxylic acids is 1. The number of thiazole rings is 1. The molecule has 0 aliphatic carbocycles. The summed E-state index contributed by atoms with van der Waals surface area (Å²) in [6, 6.07) is 9.49. The van der Waals surface area contributed by atoms with Crippen LogP contribution in [0, 0.1) is 0 Å². The molecule has 0 atom stereocenters. The predicted molar refractivity (Wildman–Crippen MR) is 136 cm³/mol. The molecule has 1 aromatic heterocycles. The maximum absolute atomic E-state index is 12.9. The van der Waals surface area contributed by atoms with E-state index in [0.29, 0.717) is 27.8 Å². The van der Waals surface area contributed by atoms with Gasteiger partial charge < -0.3 is 33.9 Å². The fourth-order valence-electron chi connectivity index (χ4n) is 4.26. The van der Waals surface area contributed by atoms with Gasteiger partial charge in [-0.1, -0.05) is 17.4 Å². The molecule has 0 radical (unpaired) electrons. The van der Waals surface area contributed by atoms with Gasteiger partial charge in [-0.2, -0.15) is 0 Å². The zero-order valence-electron chi connectivity index (χ0n) is 20.4. The Morgan fingerprint density at radius 2 is 1.72 bits per heavy atom. The van der Waals surface area contributed by atoms with Crippen molar-refractivity contribution in [3.8, 4) is 28.7 Å². The summed E-state index contributed by atoms with van der Waals surface area (Å²) in [5.74, 6) is 2.78. The van der Waals surface area contributed by atoms with Crippen molar-refractivity contribution in [2.45, 2.75) is 6.54 Å². The van der Waals surface area contributed by atoms with Gasteiger partial charge in [0.2, 0.25) is 12.5 Å². The highest BCUT2D eigenvalue weighted by Gasteiger charge is 2.22. The molecule has 0 bridgehead atoms. The number of amides is 1. The number of nitrogens with one attached hydrogen (secondary N) is 1. The molecule has 2 aromatic carbocycles. The summed E-state index contributed by atoms with van der Waals surface area (Å²) < 4.78 is 27.0. The maximum atomic E-state index is 12.9. The highest BCUT2D eigenvalue weighted by molar-refractivity contribution is 7.17. The molecule has 10 nitrogen and oxygen atoms in total. The molecule has 3 heterocycles. The second-order valence-corrected chi connectivity index (χ2v) is 9.34. The summed E-state index contributed by atoms with van der Waals surface area (Å²) in [4.78, 5) is 22.6. The number of hydrogen-bond acceptors (Lipinski definition) is 10. The monoisotopic (exact) mass is 512 g/mol. The van der Waals surface area contributed by atoms with Gasteiger partial charge in [0.05, 0.1) is 27.5 Å². The summed E-state index contributed by atoms with van der Waals surface area (Å²) in [7, 11) is 4.61. The Hall–Kier alpha value is -3.70. The second-order valence-electron chi connectivity index (χ2n) is 8.33. The Kier molecular flexibility index (Phi) is 7.01. The van der Waals surface area contributed by atoms with Gasteiger partial charge in [0.1, 0.15) is 4.88 Å². The highest BCUT2D eigenvalue weighted by atomic mass is 32.1. The van der Waals surface area contributed by atoms with Crippen molar-refractivity contribution in [2.24, 2.45) is 0 Å². The van der Waals surface area contributed by atoms with Crippen molar-refractivity contribution >= 4 is 28.1 Å². The first-order valence-corrected chi connectivity index (χ1v) is 12.3. The summed E-state index contributed by atoms with van der Waals surface area (Å²) in [6.07, 6.45) is 1.62. The third kappa shape index (κ3) is 4.98. The van der Waals surface area contributed by atoms with Gasteiger partial charge in [0, 0.05) is 50.5 Å². The topological polar surface area (TPSA) is 94.6 Å². The van der Waals surface area contributed by atoms with E-state index in [0.717, 1.165) is 49.4 Å². The molecular weight excluding hydrogens is 484 g/mol. The Labute approximate surface area is 213 Å². The van der Waals surface area contributed by atoms with E-state index in [-0.39, 0.29) is 12.7 Å². The van der Waals surface area contributed by atoms with Gasteiger partial charge in [0.25, 0.3) is 5.91 Å². The van der Waals surface area contributed by atoms with Crippen LogP contribution in [-0.2, 0) is 6.54 Å². The molecule has 0 spiro atoms. The van der Waals surface area contributed by atoms with Crippen LogP contribution in [0.1, 0.15) is 15.2 Å². The van der Waals surface area contributed by atoms with Crippen LogP contribution < -0.4 is 33.9 Å². The third-order valence-corrected chi connectivity index (χ3v) is 7.18. The number of hydrogen-bond donors (Lipinski definition) is 1. The molecule has 1 fully saturated rings. The molecule has 5 rings (SSSR count). The standard InChI is InChI=1S/C25H28N4O6S/c1-31-20-11-17(12-21(32-2)23(20)33-3)27-24(30)22-13-26-25(36-22)29-8-6-28(7-9-29)14-16-4-5-18-19(10-16)35-15-34-18/h4-5,10-13H,6-9,14-15H2,1-3H3,(H,27,30). The zero-order chi connectivity index (χ0) is 25.1. The summed E-state index contributed by atoms with van der Waals surface area (Å²) in [6.45, 7) is 4.62. The van der Waals surface area contributed by atoms with Crippen molar-refractivity contribution in [3.05, 3.63) is 47.0 Å². The lowest BCUT2D eigenvalue weighted by Crippen LogP contribution is -2.45. The Morgan fingerprint density at radius 3 is 2.42 bits per heavy atom. The number of methoxy groups -OCH3 is 3. The van der Waals surface area contributed by atoms with Crippen LogP contribution >= 0.6 is 11.3 Å². The maximum Gasteiger partial charge on any atom is 0.267 e. The van der Waals surface area contributed by atoms with Gasteiger partial charge in [0.15, 0.2) is 28.1 Å². The van der Waals surface area contributed by atoms with E-state index in [2.05, 4.69) is 32.2 Å². The van der Waals surface area contributed by atoms with Crippen molar-refractivity contribution in [2.75, 3.05) is 64.5 Å². The van der Waals surface area contributed by atoms with E-state index in [1.807, 2.05) is 6.07 Å². The lowest BCUT2D eigenvalue weighted by Gasteiger charge is -2.34. The number of benzene rings is 2. The number of ether oxygens (including phenoxy) is 5. The van der Waals surface area contributed by atoms with Crippen LogP contribution in [0.15, 0.2) is 36.5 Å². The van der Waals surface area contributed by atoms with Crippen molar-refractivity contribution in [3.63, 3.8) is 0 Å². The molecule has 1 saturated heterocycles. The number of carbonyl (C=O) groups is 1. The van der Waals surface area contributed by atoms with Crippen LogP contribution in [0.3, 0.4) is 0 Å². The number of piperazine rings is 1. The Bertz CT molecular complexity index is 1220. The number of anilines is 2. The van der Waals surface area contributed by atoms with Crippen LogP contribution in [0.5, 0.6) is 28.7 Å². The van der Waals surface area contributed by atoms with Crippen molar-refractivity contribution in [1.82, 2.24) is 9.88 Å². The van der Waals surface area contributed by atoms with Gasteiger partial charge in [-0.05, 0) is 17.7 Å². The molecule has 2 aliphatic rings. The first-order valence-electron chi connectivity index (χ1n) is 11.5. The van der Waals surface area contributed by atoms with Crippen molar-refractivity contribution < 1.29 is 28.5 Å². The van der Waals surface area contributed by atoms with Crippen LogP contribution in [0.2, 0.25) is 0 Å². The second kappa shape index (κ2) is 10.5. The van der Waals surface area contributed by atoms with Gasteiger partial charge >= 0.3 is 0 Å². The predicted octanol–water partition coefficient (Wildman–Crippen LogP) is 3.47. The first-order chi connectivity index (χ1) is 17.6. The fourth-order valence-corrected chi connectivity index (χ4v) is 5.12. The molecule has 3 aromatic rings. The molecule has 190 valence electrons. The average molecular weight is 513 g/mol. The summed E-state index contributed by atoms with van der Waals surface area (Å²) in [5.41, 5.74) is 1.74. The van der Waals surface area contributed by atoms with E-state index in [1.165, 1.54) is 38.2 Å². The fraction of sp³-hybridized carbons (Fsp3) is 0.360. The summed E-state index contributed by atoms with van der Waals surface area (Å²) in [5, 5.41) is 3.74. The van der Waals surface area contributed by atoms with E-state index >= 15 is 0 Å². The van der Waals surface area contributed by atoms with Crippen molar-refractivity contribution in [1.29, 1.82) is 0 Å². The van der Waals surface area contributed by atoms with E-state index < -0.39 is 0 Å². The molecule has 1 N–H and O–H groups in total. The molecule has 0 saturated carbocycles. The smallest absolute Gasteiger partial charge is 0.267 e. The minimum Gasteiger partial charge on any atom is -0.493 e. The average Bonchev–Trinajstić information content (AvgIpc) is 3.58. The van der Waals surface area contributed by atoms with Gasteiger partial charge in [-0.15, -0.1) is 0 Å². The largest absolute Gasteiger partial charge is 0.493 e. The lowest BCUT2D eigenvalue weighted by molar-refractivity contribution is 0.103. The zero-order valence-corrected chi connectivity index (χ0v) is 21.2. The molecule has 2 aliphatic heterocycles. The molecular formula is C25H28N4O6S. The molecule has 36 heavy (non-hydrogen) atoms. The quantitative estimate of drug-likeness (QED) is 0.487. The number of nitrogens with zero attached hydrogens (tertiary/aromatic N) is 3. The van der Waals surface area contributed by atoms with E-state index in [9.17, 15) is 4.79 Å². The molecule has 0 unspecified atom stereocenters. The van der Waals surface area contributed by atoms with Crippen LogP contribution in [0.25, 0.3) is 0 Å².